The average molecular weight is 370 g/mol. The van der Waals surface area contributed by atoms with E-state index in [1.165, 1.54) is 17.4 Å². The molecule has 0 atom stereocenters. The molecule has 2 aromatic carbocycles. The number of amides is 1. The molecule has 0 unspecified atom stereocenters. The highest BCUT2D eigenvalue weighted by Gasteiger charge is 2.12. The van der Waals surface area contributed by atoms with Gasteiger partial charge in [-0.15, -0.1) is 0 Å². The normalized spacial score (nSPS) is 10.9. The monoisotopic (exact) mass is 370 g/mol. The van der Waals surface area contributed by atoms with E-state index in [1.54, 1.807) is 39.5 Å². The molecule has 0 spiro atoms. The topological polar surface area (TPSA) is 69.7 Å². The van der Waals surface area contributed by atoms with Crippen LogP contribution in [-0.2, 0) is 4.79 Å². The predicted molar refractivity (Wildman–Crippen MR) is 103 cm³/mol. The van der Waals surface area contributed by atoms with Crippen molar-refractivity contribution in [3.63, 3.8) is 0 Å². The van der Waals surface area contributed by atoms with Crippen LogP contribution in [0.1, 0.15) is 5.56 Å². The van der Waals surface area contributed by atoms with E-state index in [1.807, 2.05) is 24.3 Å². The lowest BCUT2D eigenvalue weighted by molar-refractivity contribution is -0.111. The smallest absolute Gasteiger partial charge is 0.250 e. The SMILES string of the molecule is COc1cc(/C=C\C(=O)Nc2nc3ccccc3s2)cc(OC)c1OC. The number of fused-ring (bicyclic) bond motifs is 1. The van der Waals surface area contributed by atoms with Gasteiger partial charge in [0, 0.05) is 6.08 Å². The number of hydrogen-bond acceptors (Lipinski definition) is 6. The number of ether oxygens (including phenoxy) is 3. The van der Waals surface area contributed by atoms with Crippen molar-refractivity contribution in [3.05, 3.63) is 48.0 Å². The Morgan fingerprint density at radius 3 is 2.38 bits per heavy atom. The third-order valence-electron chi connectivity index (χ3n) is 3.64. The van der Waals surface area contributed by atoms with E-state index in [-0.39, 0.29) is 5.91 Å². The number of carbonyl (C=O) groups excluding carboxylic acids is 1. The molecule has 26 heavy (non-hydrogen) atoms. The molecule has 0 aliphatic rings. The number of nitrogens with zero attached hydrogens (tertiary/aromatic N) is 1. The van der Waals surface area contributed by atoms with Gasteiger partial charge in [-0.3, -0.25) is 10.1 Å². The molecule has 1 N–H and O–H groups in total. The number of thiazole rings is 1. The van der Waals surface area contributed by atoms with E-state index in [9.17, 15) is 4.79 Å². The molecule has 1 amide bonds. The Bertz CT molecular complexity index is 907. The fourth-order valence-electron chi connectivity index (χ4n) is 2.44. The molecular weight excluding hydrogens is 352 g/mol. The molecule has 0 saturated heterocycles. The maximum atomic E-state index is 12.2. The summed E-state index contributed by atoms with van der Waals surface area (Å²) in [4.78, 5) is 16.6. The average Bonchev–Trinajstić information content (AvgIpc) is 3.07. The van der Waals surface area contributed by atoms with Crippen LogP contribution >= 0.6 is 11.3 Å². The Labute approximate surface area is 155 Å². The maximum absolute atomic E-state index is 12.2. The minimum absolute atomic E-state index is 0.266. The molecule has 0 bridgehead atoms. The van der Waals surface area contributed by atoms with Gasteiger partial charge in [0.25, 0.3) is 0 Å². The van der Waals surface area contributed by atoms with Crippen LogP contribution in [0.4, 0.5) is 5.13 Å². The molecule has 0 radical (unpaired) electrons. The van der Waals surface area contributed by atoms with Gasteiger partial charge < -0.3 is 14.2 Å². The summed E-state index contributed by atoms with van der Waals surface area (Å²) in [6.45, 7) is 0. The van der Waals surface area contributed by atoms with Crippen LogP contribution in [0.2, 0.25) is 0 Å². The zero-order valence-corrected chi connectivity index (χ0v) is 15.4. The number of rotatable bonds is 6. The first kappa shape index (κ1) is 17.8. The molecule has 0 aliphatic heterocycles. The van der Waals surface area contributed by atoms with Crippen molar-refractivity contribution in [3.8, 4) is 17.2 Å². The van der Waals surface area contributed by atoms with Crippen molar-refractivity contribution in [2.75, 3.05) is 26.6 Å². The maximum Gasteiger partial charge on any atom is 0.250 e. The van der Waals surface area contributed by atoms with Crippen LogP contribution in [0.25, 0.3) is 16.3 Å². The molecule has 6 nitrogen and oxygen atoms in total. The molecule has 7 heteroatoms. The molecule has 1 aromatic heterocycles. The first-order valence-electron chi connectivity index (χ1n) is 7.79. The first-order chi connectivity index (χ1) is 12.6. The molecule has 1 heterocycles. The summed E-state index contributed by atoms with van der Waals surface area (Å²) in [5.74, 6) is 1.29. The number of para-hydroxylation sites is 1. The Hall–Kier alpha value is -3.06. The largest absolute Gasteiger partial charge is 0.493 e. The highest BCUT2D eigenvalue weighted by molar-refractivity contribution is 7.22. The van der Waals surface area contributed by atoms with Crippen LogP contribution in [0.3, 0.4) is 0 Å². The van der Waals surface area contributed by atoms with Crippen molar-refractivity contribution < 1.29 is 19.0 Å². The summed E-state index contributed by atoms with van der Waals surface area (Å²) < 4.78 is 16.9. The van der Waals surface area contributed by atoms with Crippen LogP contribution in [0.5, 0.6) is 17.2 Å². The molecule has 0 aliphatic carbocycles. The number of anilines is 1. The van der Waals surface area contributed by atoms with Crippen molar-refractivity contribution in [2.45, 2.75) is 0 Å². The zero-order chi connectivity index (χ0) is 18.5. The Kier molecular flexibility index (Phi) is 5.38. The van der Waals surface area contributed by atoms with Gasteiger partial charge in [-0.25, -0.2) is 4.98 Å². The summed E-state index contributed by atoms with van der Waals surface area (Å²) in [5, 5.41) is 3.34. The van der Waals surface area contributed by atoms with Gasteiger partial charge in [0.15, 0.2) is 16.6 Å². The van der Waals surface area contributed by atoms with E-state index in [0.29, 0.717) is 22.4 Å². The predicted octanol–water partition coefficient (Wildman–Crippen LogP) is 3.97. The summed E-state index contributed by atoms with van der Waals surface area (Å²) in [6.07, 6.45) is 3.11. The molecule has 0 saturated carbocycles. The van der Waals surface area contributed by atoms with Gasteiger partial charge >= 0.3 is 0 Å². The lowest BCUT2D eigenvalue weighted by Gasteiger charge is -2.12. The third kappa shape index (κ3) is 3.78. The second-order valence-corrected chi connectivity index (χ2v) is 6.30. The summed E-state index contributed by atoms with van der Waals surface area (Å²) in [6, 6.07) is 11.3. The fraction of sp³-hybridized carbons (Fsp3) is 0.158. The van der Waals surface area contributed by atoms with E-state index in [2.05, 4.69) is 10.3 Å². The van der Waals surface area contributed by atoms with Gasteiger partial charge in [-0.2, -0.15) is 0 Å². The Morgan fingerprint density at radius 1 is 1.08 bits per heavy atom. The number of methoxy groups -OCH3 is 3. The van der Waals surface area contributed by atoms with Crippen LogP contribution in [0, 0.1) is 0 Å². The number of benzene rings is 2. The highest BCUT2D eigenvalue weighted by atomic mass is 32.1. The third-order valence-corrected chi connectivity index (χ3v) is 4.59. The summed E-state index contributed by atoms with van der Waals surface area (Å²) in [5.41, 5.74) is 1.61. The van der Waals surface area contributed by atoms with E-state index < -0.39 is 0 Å². The van der Waals surface area contributed by atoms with Gasteiger partial charge in [-0.05, 0) is 35.9 Å². The van der Waals surface area contributed by atoms with Gasteiger partial charge in [0.2, 0.25) is 11.7 Å². The number of carbonyl (C=O) groups is 1. The summed E-state index contributed by atoms with van der Waals surface area (Å²) >= 11 is 1.43. The number of hydrogen-bond donors (Lipinski definition) is 1. The van der Waals surface area contributed by atoms with Crippen LogP contribution in [0.15, 0.2) is 42.5 Å². The molecule has 3 aromatic rings. The molecule has 0 fully saturated rings. The quantitative estimate of drug-likeness (QED) is 0.665. The van der Waals surface area contributed by atoms with Gasteiger partial charge in [0.1, 0.15) is 0 Å². The number of aromatic nitrogens is 1. The molecular formula is C19H18N2O4S. The lowest BCUT2D eigenvalue weighted by atomic mass is 10.1. The van der Waals surface area contributed by atoms with Crippen molar-refractivity contribution in [1.29, 1.82) is 0 Å². The number of nitrogens with one attached hydrogen (secondary N) is 1. The minimum Gasteiger partial charge on any atom is -0.493 e. The standard InChI is InChI=1S/C19H18N2O4S/c1-23-14-10-12(11-15(24-2)18(14)25-3)8-9-17(22)21-19-20-13-6-4-5-7-16(13)26-19/h4-11H,1-3H3,(H,20,21,22)/b9-8-. The van der Waals surface area contributed by atoms with E-state index in [0.717, 1.165) is 15.8 Å². The highest BCUT2D eigenvalue weighted by Crippen LogP contribution is 2.38. The lowest BCUT2D eigenvalue weighted by Crippen LogP contribution is -2.07. The van der Waals surface area contributed by atoms with Crippen molar-refractivity contribution >= 4 is 38.7 Å². The van der Waals surface area contributed by atoms with Crippen molar-refractivity contribution in [2.24, 2.45) is 0 Å². The second-order valence-electron chi connectivity index (χ2n) is 5.27. The van der Waals surface area contributed by atoms with Gasteiger partial charge in [0.05, 0.1) is 31.5 Å². The zero-order valence-electron chi connectivity index (χ0n) is 14.6. The van der Waals surface area contributed by atoms with E-state index in [4.69, 9.17) is 14.2 Å². The van der Waals surface area contributed by atoms with Crippen LogP contribution < -0.4 is 19.5 Å². The molecule has 3 rings (SSSR count). The fourth-order valence-corrected chi connectivity index (χ4v) is 3.31. The molecule has 134 valence electrons. The first-order valence-corrected chi connectivity index (χ1v) is 8.61. The van der Waals surface area contributed by atoms with Gasteiger partial charge in [-0.1, -0.05) is 23.5 Å². The van der Waals surface area contributed by atoms with Crippen LogP contribution in [-0.4, -0.2) is 32.2 Å². The minimum atomic E-state index is -0.266. The Morgan fingerprint density at radius 2 is 1.77 bits per heavy atom. The van der Waals surface area contributed by atoms with E-state index >= 15 is 0 Å². The Balaban J connectivity index is 1.77. The van der Waals surface area contributed by atoms with Crippen molar-refractivity contribution in [1.82, 2.24) is 4.98 Å². The summed E-state index contributed by atoms with van der Waals surface area (Å²) in [7, 11) is 4.64. The second kappa shape index (κ2) is 7.88.